The molecule has 0 aliphatic heterocycles. The standard InChI is InChI=1S/C29H30N4O7/c1-16(2)22(33-29(37)39-15-18-10-6-5-7-11-18)27-32-23(17(3)40-27)26(35)31-24(28(36)38-4)25(34)20-14-30-21-13-9-8-12-19(20)21/h5-14,16,22,24,30H,15H2,1-4H3,(H,31,35)(H,33,37)/t22-,24?/m0/s1. The summed E-state index contributed by atoms with van der Waals surface area (Å²) in [6.07, 6.45) is 0.795. The summed E-state index contributed by atoms with van der Waals surface area (Å²) in [5.74, 6) is -2.36. The van der Waals surface area contributed by atoms with Crippen LogP contribution in [0.15, 0.2) is 65.2 Å². The summed E-state index contributed by atoms with van der Waals surface area (Å²) in [5, 5.41) is 5.75. The van der Waals surface area contributed by atoms with Crippen LogP contribution in [0, 0.1) is 12.8 Å². The SMILES string of the molecule is COC(=O)C(NC(=O)c1nc([C@@H](NC(=O)OCc2ccccc2)C(C)C)oc1C)C(=O)c1c[nH]c2ccccc12. The zero-order valence-electron chi connectivity index (χ0n) is 22.5. The Labute approximate surface area is 230 Å². The van der Waals surface area contributed by atoms with Crippen LogP contribution in [0.5, 0.6) is 0 Å². The number of ether oxygens (including phenoxy) is 2. The second kappa shape index (κ2) is 12.3. The van der Waals surface area contributed by atoms with E-state index in [1.807, 2.05) is 44.2 Å². The molecule has 11 nitrogen and oxygen atoms in total. The lowest BCUT2D eigenvalue weighted by molar-refractivity contribution is -0.141. The lowest BCUT2D eigenvalue weighted by atomic mass is 10.0. The average Bonchev–Trinajstić information content (AvgIpc) is 3.56. The number of fused-ring (bicyclic) bond motifs is 1. The van der Waals surface area contributed by atoms with E-state index in [2.05, 4.69) is 20.6 Å². The number of alkyl carbamates (subject to hydrolysis) is 1. The van der Waals surface area contributed by atoms with Crippen LogP contribution in [-0.4, -0.2) is 46.9 Å². The number of ketones is 1. The van der Waals surface area contributed by atoms with E-state index in [1.54, 1.807) is 24.3 Å². The molecule has 2 aromatic carbocycles. The molecule has 0 aliphatic rings. The summed E-state index contributed by atoms with van der Waals surface area (Å²) in [5.41, 5.74) is 1.61. The number of aromatic nitrogens is 2. The number of benzene rings is 2. The molecule has 2 amide bonds. The molecule has 2 aromatic heterocycles. The molecule has 1 unspecified atom stereocenters. The molecule has 0 fully saturated rings. The molecule has 40 heavy (non-hydrogen) atoms. The van der Waals surface area contributed by atoms with Crippen LogP contribution in [0.1, 0.15) is 58.0 Å². The lowest BCUT2D eigenvalue weighted by Crippen LogP contribution is -2.47. The molecule has 0 aliphatic carbocycles. The number of hydrogen-bond acceptors (Lipinski definition) is 8. The Morgan fingerprint density at radius 2 is 1.70 bits per heavy atom. The maximum absolute atomic E-state index is 13.3. The number of amides is 2. The molecule has 0 bridgehead atoms. The number of aromatic amines is 1. The van der Waals surface area contributed by atoms with E-state index in [0.29, 0.717) is 10.9 Å². The van der Waals surface area contributed by atoms with Gasteiger partial charge in [-0.2, -0.15) is 0 Å². The van der Waals surface area contributed by atoms with Crippen molar-refractivity contribution in [1.29, 1.82) is 0 Å². The van der Waals surface area contributed by atoms with E-state index in [0.717, 1.165) is 12.7 Å². The van der Waals surface area contributed by atoms with E-state index >= 15 is 0 Å². The first-order valence-corrected chi connectivity index (χ1v) is 12.6. The minimum Gasteiger partial charge on any atom is -0.467 e. The van der Waals surface area contributed by atoms with Crippen LogP contribution in [0.3, 0.4) is 0 Å². The third kappa shape index (κ3) is 6.20. The van der Waals surface area contributed by atoms with Gasteiger partial charge < -0.3 is 29.5 Å². The Hall–Kier alpha value is -4.93. The van der Waals surface area contributed by atoms with E-state index < -0.39 is 35.8 Å². The number of oxazole rings is 1. The van der Waals surface area contributed by atoms with Gasteiger partial charge in [-0.3, -0.25) is 9.59 Å². The van der Waals surface area contributed by atoms with E-state index in [4.69, 9.17) is 13.9 Å². The van der Waals surface area contributed by atoms with Gasteiger partial charge in [-0.1, -0.05) is 62.4 Å². The molecule has 4 rings (SSSR count). The lowest BCUT2D eigenvalue weighted by Gasteiger charge is -2.19. The summed E-state index contributed by atoms with van der Waals surface area (Å²) in [6.45, 7) is 5.28. The summed E-state index contributed by atoms with van der Waals surface area (Å²) in [4.78, 5) is 58.8. The highest BCUT2D eigenvalue weighted by molar-refractivity contribution is 6.19. The molecule has 0 saturated heterocycles. The Kier molecular flexibility index (Phi) is 8.63. The van der Waals surface area contributed by atoms with Gasteiger partial charge in [-0.05, 0) is 24.5 Å². The fourth-order valence-corrected chi connectivity index (χ4v) is 4.15. The second-order valence-corrected chi connectivity index (χ2v) is 9.43. The number of carbonyl (C=O) groups excluding carboxylic acids is 4. The van der Waals surface area contributed by atoms with E-state index in [9.17, 15) is 19.2 Å². The summed E-state index contributed by atoms with van der Waals surface area (Å²) >= 11 is 0. The van der Waals surface area contributed by atoms with Gasteiger partial charge in [0.1, 0.15) is 18.4 Å². The van der Waals surface area contributed by atoms with Gasteiger partial charge in [0.05, 0.1) is 7.11 Å². The van der Waals surface area contributed by atoms with Crippen molar-refractivity contribution in [2.45, 2.75) is 39.5 Å². The zero-order chi connectivity index (χ0) is 28.8. The number of esters is 1. The van der Waals surface area contributed by atoms with Crippen LogP contribution >= 0.6 is 0 Å². The quantitative estimate of drug-likeness (QED) is 0.152. The largest absolute Gasteiger partial charge is 0.467 e. The third-order valence-electron chi connectivity index (χ3n) is 6.28. The molecule has 0 spiro atoms. The normalized spacial score (nSPS) is 12.5. The topological polar surface area (TPSA) is 153 Å². The van der Waals surface area contributed by atoms with Crippen molar-refractivity contribution in [3.05, 3.63) is 89.3 Å². The van der Waals surface area contributed by atoms with Crippen molar-refractivity contribution < 1.29 is 33.1 Å². The Bertz CT molecular complexity index is 1520. The molecule has 0 saturated carbocycles. The average molecular weight is 547 g/mol. The van der Waals surface area contributed by atoms with Crippen molar-refractivity contribution in [3.63, 3.8) is 0 Å². The van der Waals surface area contributed by atoms with Gasteiger partial charge in [0, 0.05) is 22.7 Å². The Morgan fingerprint density at radius 1 is 1.00 bits per heavy atom. The summed E-state index contributed by atoms with van der Waals surface area (Å²) in [7, 11) is 1.12. The molecule has 208 valence electrons. The predicted octanol–water partition coefficient (Wildman–Crippen LogP) is 4.24. The van der Waals surface area contributed by atoms with Crippen LogP contribution in [0.25, 0.3) is 10.9 Å². The van der Waals surface area contributed by atoms with Gasteiger partial charge in [0.25, 0.3) is 5.91 Å². The van der Waals surface area contributed by atoms with Crippen molar-refractivity contribution >= 4 is 34.7 Å². The Morgan fingerprint density at radius 3 is 2.40 bits per heavy atom. The zero-order valence-corrected chi connectivity index (χ0v) is 22.5. The number of carbonyl (C=O) groups is 4. The molecular formula is C29H30N4O7. The first-order valence-electron chi connectivity index (χ1n) is 12.6. The molecule has 0 radical (unpaired) electrons. The van der Waals surface area contributed by atoms with Crippen LogP contribution < -0.4 is 10.6 Å². The molecule has 3 N–H and O–H groups in total. The molecule has 2 heterocycles. The van der Waals surface area contributed by atoms with E-state index in [1.165, 1.54) is 13.1 Å². The van der Waals surface area contributed by atoms with Crippen molar-refractivity contribution in [1.82, 2.24) is 20.6 Å². The number of methoxy groups -OCH3 is 1. The minimum absolute atomic E-state index is 0.0758. The highest BCUT2D eigenvalue weighted by atomic mass is 16.5. The van der Waals surface area contributed by atoms with Crippen molar-refractivity contribution in [2.75, 3.05) is 7.11 Å². The fraction of sp³-hybridized carbons (Fsp3) is 0.276. The number of hydrogen-bond donors (Lipinski definition) is 3. The second-order valence-electron chi connectivity index (χ2n) is 9.43. The monoisotopic (exact) mass is 546 g/mol. The number of aryl methyl sites for hydroxylation is 1. The molecule has 4 aromatic rings. The fourth-order valence-electron chi connectivity index (χ4n) is 4.15. The summed E-state index contributed by atoms with van der Waals surface area (Å²) in [6, 6.07) is 14.0. The van der Waals surface area contributed by atoms with Crippen LogP contribution in [0.4, 0.5) is 4.79 Å². The van der Waals surface area contributed by atoms with E-state index in [-0.39, 0.29) is 35.4 Å². The van der Waals surface area contributed by atoms with Gasteiger partial charge in [0.15, 0.2) is 17.5 Å². The van der Waals surface area contributed by atoms with Gasteiger partial charge in [-0.25, -0.2) is 14.6 Å². The van der Waals surface area contributed by atoms with Crippen molar-refractivity contribution in [2.24, 2.45) is 5.92 Å². The van der Waals surface area contributed by atoms with Gasteiger partial charge in [-0.15, -0.1) is 0 Å². The van der Waals surface area contributed by atoms with Crippen molar-refractivity contribution in [3.8, 4) is 0 Å². The molecular weight excluding hydrogens is 516 g/mol. The maximum Gasteiger partial charge on any atom is 0.408 e. The molecule has 2 atom stereocenters. The highest BCUT2D eigenvalue weighted by Gasteiger charge is 2.34. The van der Waals surface area contributed by atoms with Crippen LogP contribution in [0.2, 0.25) is 0 Å². The smallest absolute Gasteiger partial charge is 0.408 e. The van der Waals surface area contributed by atoms with Crippen LogP contribution in [-0.2, 0) is 20.9 Å². The number of rotatable bonds is 10. The number of nitrogens with one attached hydrogen (secondary N) is 3. The first kappa shape index (κ1) is 28.1. The number of Topliss-reactive ketones (excluding diaryl/α,β-unsaturated/α-hetero) is 1. The Balaban J connectivity index is 1.50. The highest BCUT2D eigenvalue weighted by Crippen LogP contribution is 2.24. The number of H-pyrrole nitrogens is 1. The van der Waals surface area contributed by atoms with Gasteiger partial charge >= 0.3 is 12.1 Å². The summed E-state index contributed by atoms with van der Waals surface area (Å²) < 4.78 is 15.8. The third-order valence-corrected chi connectivity index (χ3v) is 6.28. The number of nitrogens with zero attached hydrogens (tertiary/aromatic N) is 1. The first-order chi connectivity index (χ1) is 19.2. The van der Waals surface area contributed by atoms with Gasteiger partial charge in [0.2, 0.25) is 5.89 Å². The molecule has 11 heteroatoms. The number of para-hydroxylation sites is 1. The minimum atomic E-state index is -1.62. The maximum atomic E-state index is 13.3. The predicted molar refractivity (Wildman–Crippen MR) is 144 cm³/mol.